The molecule has 0 N–H and O–H groups in total. The Morgan fingerprint density at radius 1 is 0.893 bits per heavy atom. The minimum absolute atomic E-state index is 0.153. The highest BCUT2D eigenvalue weighted by Crippen LogP contribution is 2.47. The number of hydrogen-bond acceptors (Lipinski definition) is 2. The van der Waals surface area contributed by atoms with Gasteiger partial charge in [-0.3, -0.25) is 4.99 Å². The fraction of sp³-hybridized carbons (Fsp3) is 0.174. The molecule has 0 aliphatic carbocycles. The molecule has 1 atom stereocenters. The first-order chi connectivity index (χ1) is 13.4. The molecule has 0 radical (unpaired) electrons. The summed E-state index contributed by atoms with van der Waals surface area (Å²) in [5.41, 5.74) is 0.983. The highest BCUT2D eigenvalue weighted by atomic mass is 19.4. The predicted octanol–water partition coefficient (Wildman–Crippen LogP) is 6.12. The normalized spacial score (nSPS) is 18.6. The van der Waals surface area contributed by atoms with E-state index in [1.165, 1.54) is 19.2 Å². The number of rotatable bonds is 3. The van der Waals surface area contributed by atoms with Gasteiger partial charge in [0.05, 0.1) is 12.8 Å². The lowest BCUT2D eigenvalue weighted by molar-refractivity contribution is -0.168. The fourth-order valence-electron chi connectivity index (χ4n) is 3.59. The van der Waals surface area contributed by atoms with E-state index in [2.05, 4.69) is 4.99 Å². The third-order valence-electron chi connectivity index (χ3n) is 5.19. The van der Waals surface area contributed by atoms with Gasteiger partial charge in [0, 0.05) is 6.21 Å². The second-order valence-electron chi connectivity index (χ2n) is 6.84. The van der Waals surface area contributed by atoms with Gasteiger partial charge in [0.15, 0.2) is 0 Å². The van der Waals surface area contributed by atoms with E-state index in [1.54, 1.807) is 18.2 Å². The third-order valence-corrected chi connectivity index (χ3v) is 5.19. The van der Waals surface area contributed by atoms with Crippen molar-refractivity contribution in [3.63, 3.8) is 0 Å². The fourth-order valence-corrected chi connectivity index (χ4v) is 3.59. The van der Waals surface area contributed by atoms with Crippen LogP contribution in [0.5, 0.6) is 5.75 Å². The van der Waals surface area contributed by atoms with E-state index < -0.39 is 11.6 Å². The van der Waals surface area contributed by atoms with E-state index in [0.29, 0.717) is 17.0 Å². The summed E-state index contributed by atoms with van der Waals surface area (Å²) in [7, 11) is 1.48. The number of alkyl halides is 3. The van der Waals surface area contributed by atoms with Crippen LogP contribution in [0.15, 0.2) is 77.8 Å². The second-order valence-corrected chi connectivity index (χ2v) is 6.84. The maximum absolute atomic E-state index is 14.3. The Balaban J connectivity index is 1.80. The van der Waals surface area contributed by atoms with Crippen LogP contribution >= 0.6 is 0 Å². The van der Waals surface area contributed by atoms with E-state index in [-0.39, 0.29) is 12.0 Å². The van der Waals surface area contributed by atoms with Crippen LogP contribution in [-0.2, 0) is 11.8 Å². The zero-order chi connectivity index (χ0) is 19.8. The summed E-state index contributed by atoms with van der Waals surface area (Å²) >= 11 is 0. The molecule has 1 aliphatic heterocycles. The number of benzene rings is 3. The van der Waals surface area contributed by atoms with Crippen LogP contribution < -0.4 is 4.74 Å². The van der Waals surface area contributed by atoms with Gasteiger partial charge in [0.1, 0.15) is 11.2 Å². The molecule has 0 aromatic heterocycles. The van der Waals surface area contributed by atoms with E-state index in [4.69, 9.17) is 4.74 Å². The number of aliphatic imine (C=N–C) groups is 1. The van der Waals surface area contributed by atoms with Crippen molar-refractivity contribution < 1.29 is 17.9 Å². The van der Waals surface area contributed by atoms with Crippen molar-refractivity contribution in [1.29, 1.82) is 0 Å². The molecule has 0 fully saturated rings. The maximum atomic E-state index is 14.3. The summed E-state index contributed by atoms with van der Waals surface area (Å²) in [6, 6.07) is 21.1. The van der Waals surface area contributed by atoms with Crippen molar-refractivity contribution in [1.82, 2.24) is 0 Å². The average Bonchev–Trinajstić information content (AvgIpc) is 2.73. The zero-order valence-electron chi connectivity index (χ0n) is 15.2. The number of hydrogen-bond donors (Lipinski definition) is 0. The molecule has 1 heterocycles. The molecular formula is C23H18F3NO. The van der Waals surface area contributed by atoms with Gasteiger partial charge in [0.2, 0.25) is 0 Å². The molecule has 0 spiro atoms. The lowest BCUT2D eigenvalue weighted by atomic mass is 9.73. The minimum atomic E-state index is -4.48. The van der Waals surface area contributed by atoms with Crippen molar-refractivity contribution in [2.75, 3.05) is 7.11 Å². The van der Waals surface area contributed by atoms with Gasteiger partial charge < -0.3 is 4.74 Å². The van der Waals surface area contributed by atoms with Crippen molar-refractivity contribution >= 4 is 11.9 Å². The third kappa shape index (κ3) is 3.07. The second kappa shape index (κ2) is 6.82. The average molecular weight is 381 g/mol. The highest BCUT2D eigenvalue weighted by Gasteiger charge is 2.56. The van der Waals surface area contributed by atoms with Gasteiger partial charge in [-0.15, -0.1) is 0 Å². The Bertz CT molecular complexity index is 1010. The molecule has 0 amide bonds. The number of fused-ring (bicyclic) bond motifs is 1. The molecule has 5 heteroatoms. The van der Waals surface area contributed by atoms with Crippen LogP contribution in [-0.4, -0.2) is 19.5 Å². The van der Waals surface area contributed by atoms with E-state index in [0.717, 1.165) is 17.3 Å². The van der Waals surface area contributed by atoms with E-state index in [9.17, 15) is 13.2 Å². The molecule has 0 unspecified atom stereocenters. The summed E-state index contributed by atoms with van der Waals surface area (Å²) in [6.07, 6.45) is -3.63. The number of ether oxygens (including phenoxy) is 1. The van der Waals surface area contributed by atoms with Crippen LogP contribution in [0, 0.1) is 0 Å². The van der Waals surface area contributed by atoms with Crippen molar-refractivity contribution in [2.24, 2.45) is 4.99 Å². The minimum Gasteiger partial charge on any atom is -0.497 e. The molecule has 0 bridgehead atoms. The maximum Gasteiger partial charge on any atom is 0.403 e. The van der Waals surface area contributed by atoms with Gasteiger partial charge in [-0.25, -0.2) is 0 Å². The largest absolute Gasteiger partial charge is 0.497 e. The van der Waals surface area contributed by atoms with Crippen LogP contribution in [0.1, 0.15) is 11.1 Å². The van der Waals surface area contributed by atoms with Crippen LogP contribution in [0.4, 0.5) is 18.9 Å². The topological polar surface area (TPSA) is 21.6 Å². The monoisotopic (exact) mass is 381 g/mol. The molecule has 3 aromatic carbocycles. The zero-order valence-corrected chi connectivity index (χ0v) is 15.2. The lowest BCUT2D eigenvalue weighted by Gasteiger charge is -2.35. The molecule has 28 heavy (non-hydrogen) atoms. The summed E-state index contributed by atoms with van der Waals surface area (Å²) < 4.78 is 47.9. The summed E-state index contributed by atoms with van der Waals surface area (Å²) in [5.74, 6) is 0.514. The van der Waals surface area contributed by atoms with E-state index >= 15 is 0 Å². The van der Waals surface area contributed by atoms with Crippen LogP contribution in [0.3, 0.4) is 0 Å². The first kappa shape index (κ1) is 18.3. The number of methoxy groups -OCH3 is 1. The summed E-state index contributed by atoms with van der Waals surface area (Å²) in [6.45, 7) is 0. The smallest absolute Gasteiger partial charge is 0.403 e. The number of nitrogens with zero attached hydrogens (tertiary/aromatic N) is 1. The van der Waals surface area contributed by atoms with Crippen molar-refractivity contribution in [3.8, 4) is 16.9 Å². The Hall–Kier alpha value is -3.08. The first-order valence-corrected chi connectivity index (χ1v) is 8.88. The molecule has 142 valence electrons. The molecular weight excluding hydrogens is 363 g/mol. The molecule has 1 aliphatic rings. The SMILES string of the molecule is COc1ccc([C@@]2(C(F)(F)F)C=Nc3ccc(-c4ccccc4)cc3C2)cc1. The first-order valence-electron chi connectivity index (χ1n) is 8.88. The number of halogens is 3. The summed E-state index contributed by atoms with van der Waals surface area (Å²) in [4.78, 5) is 4.19. The van der Waals surface area contributed by atoms with Gasteiger partial charge in [0.25, 0.3) is 0 Å². The Morgan fingerprint density at radius 3 is 2.25 bits per heavy atom. The Labute approximate surface area is 161 Å². The van der Waals surface area contributed by atoms with Crippen molar-refractivity contribution in [3.05, 3.63) is 83.9 Å². The van der Waals surface area contributed by atoms with Gasteiger partial charge in [-0.05, 0) is 52.9 Å². The van der Waals surface area contributed by atoms with Crippen molar-refractivity contribution in [2.45, 2.75) is 18.0 Å². The Morgan fingerprint density at radius 2 is 1.61 bits per heavy atom. The molecule has 2 nitrogen and oxygen atoms in total. The molecule has 4 rings (SSSR count). The van der Waals surface area contributed by atoms with Gasteiger partial charge in [-0.2, -0.15) is 13.2 Å². The highest BCUT2D eigenvalue weighted by molar-refractivity contribution is 5.83. The van der Waals surface area contributed by atoms with Crippen LogP contribution in [0.25, 0.3) is 11.1 Å². The lowest BCUT2D eigenvalue weighted by Crippen LogP contribution is -2.47. The van der Waals surface area contributed by atoms with Crippen LogP contribution in [0.2, 0.25) is 0 Å². The molecule has 0 saturated heterocycles. The van der Waals surface area contributed by atoms with E-state index in [1.807, 2.05) is 42.5 Å². The van der Waals surface area contributed by atoms with Gasteiger partial charge >= 0.3 is 6.18 Å². The predicted molar refractivity (Wildman–Crippen MR) is 104 cm³/mol. The van der Waals surface area contributed by atoms with Gasteiger partial charge in [-0.1, -0.05) is 48.5 Å². The Kier molecular flexibility index (Phi) is 4.46. The quantitative estimate of drug-likeness (QED) is 0.535. The standard InChI is InChI=1S/C23H18F3NO/c1-28-20-10-8-19(9-11-20)22(23(24,25)26)14-18-13-17(7-12-21(18)27-15-22)16-5-3-2-4-6-16/h2-13,15H,14H2,1H3/t22-/m0/s1. The molecule has 3 aromatic rings. The summed E-state index contributed by atoms with van der Waals surface area (Å²) in [5, 5.41) is 0. The molecule has 0 saturated carbocycles.